The minimum atomic E-state index is -0.465. The average molecular weight is 400 g/mol. The van der Waals surface area contributed by atoms with Crippen LogP contribution < -0.4 is 10.6 Å². The van der Waals surface area contributed by atoms with Crippen LogP contribution in [-0.2, 0) is 16.1 Å². The van der Waals surface area contributed by atoms with Crippen molar-refractivity contribution in [3.8, 4) is 0 Å². The second-order valence-corrected chi connectivity index (χ2v) is 7.15. The molecule has 1 aliphatic rings. The number of nitro groups is 1. The van der Waals surface area contributed by atoms with Crippen LogP contribution in [0.4, 0.5) is 11.4 Å². The SMILES string of the molecule is Cc1cc([N+](=O)[O-])ccc1NC(=O)CN1CCC(C(=O)NCc2ccco2)CC1. The lowest BCUT2D eigenvalue weighted by Crippen LogP contribution is -2.43. The second-order valence-electron chi connectivity index (χ2n) is 7.15. The van der Waals surface area contributed by atoms with Crippen LogP contribution in [-0.4, -0.2) is 41.3 Å². The molecule has 0 saturated carbocycles. The van der Waals surface area contributed by atoms with Gasteiger partial charge in [0.25, 0.3) is 5.69 Å². The van der Waals surface area contributed by atoms with Crippen molar-refractivity contribution in [2.24, 2.45) is 5.92 Å². The fraction of sp³-hybridized carbons (Fsp3) is 0.400. The molecular weight excluding hydrogens is 376 g/mol. The van der Waals surface area contributed by atoms with Crippen molar-refractivity contribution >= 4 is 23.2 Å². The Hall–Kier alpha value is -3.20. The maximum atomic E-state index is 12.3. The van der Waals surface area contributed by atoms with Gasteiger partial charge in [0.15, 0.2) is 0 Å². The zero-order chi connectivity index (χ0) is 20.8. The normalized spacial score (nSPS) is 15.1. The number of nitro benzene ring substituents is 1. The maximum Gasteiger partial charge on any atom is 0.269 e. The van der Waals surface area contributed by atoms with Gasteiger partial charge in [-0.3, -0.25) is 24.6 Å². The molecule has 29 heavy (non-hydrogen) atoms. The zero-order valence-electron chi connectivity index (χ0n) is 16.2. The van der Waals surface area contributed by atoms with Crippen molar-refractivity contribution in [3.63, 3.8) is 0 Å². The smallest absolute Gasteiger partial charge is 0.269 e. The number of non-ortho nitro benzene ring substituents is 1. The van der Waals surface area contributed by atoms with Gasteiger partial charge in [-0.25, -0.2) is 0 Å². The number of piperidine rings is 1. The van der Waals surface area contributed by atoms with Crippen LogP contribution in [0.1, 0.15) is 24.2 Å². The first kappa shape index (κ1) is 20.5. The molecule has 0 unspecified atom stereocenters. The first-order valence-corrected chi connectivity index (χ1v) is 9.49. The number of furan rings is 1. The summed E-state index contributed by atoms with van der Waals surface area (Å²) in [5.74, 6) is 0.477. The third kappa shape index (κ3) is 5.64. The second kappa shape index (κ2) is 9.33. The van der Waals surface area contributed by atoms with Gasteiger partial charge < -0.3 is 15.1 Å². The Bertz CT molecular complexity index is 873. The van der Waals surface area contributed by atoms with Gasteiger partial charge in [0, 0.05) is 23.7 Å². The molecule has 1 aromatic heterocycles. The molecule has 1 fully saturated rings. The molecule has 2 heterocycles. The largest absolute Gasteiger partial charge is 0.467 e. The van der Waals surface area contributed by atoms with Crippen LogP contribution in [0, 0.1) is 23.0 Å². The Labute approximate surface area is 168 Å². The van der Waals surface area contributed by atoms with E-state index in [0.29, 0.717) is 49.5 Å². The van der Waals surface area contributed by atoms with E-state index in [4.69, 9.17) is 4.42 Å². The van der Waals surface area contributed by atoms with E-state index in [2.05, 4.69) is 10.6 Å². The van der Waals surface area contributed by atoms with Crippen molar-refractivity contribution in [1.82, 2.24) is 10.2 Å². The highest BCUT2D eigenvalue weighted by Gasteiger charge is 2.26. The predicted octanol–water partition coefficient (Wildman–Crippen LogP) is 2.46. The van der Waals surface area contributed by atoms with E-state index < -0.39 is 4.92 Å². The highest BCUT2D eigenvalue weighted by Crippen LogP contribution is 2.22. The number of carbonyl (C=O) groups is 2. The number of nitrogens with zero attached hydrogens (tertiary/aromatic N) is 2. The molecule has 154 valence electrons. The van der Waals surface area contributed by atoms with E-state index in [1.165, 1.54) is 12.1 Å². The summed E-state index contributed by atoms with van der Waals surface area (Å²) in [4.78, 5) is 36.9. The van der Waals surface area contributed by atoms with Gasteiger partial charge in [-0.15, -0.1) is 0 Å². The number of hydrogen-bond acceptors (Lipinski definition) is 6. The van der Waals surface area contributed by atoms with E-state index >= 15 is 0 Å². The molecule has 2 N–H and O–H groups in total. The quantitative estimate of drug-likeness (QED) is 0.544. The molecule has 1 aromatic carbocycles. The lowest BCUT2D eigenvalue weighted by atomic mass is 9.96. The summed E-state index contributed by atoms with van der Waals surface area (Å²) in [5, 5.41) is 16.5. The lowest BCUT2D eigenvalue weighted by Gasteiger charge is -2.30. The average Bonchev–Trinajstić information content (AvgIpc) is 3.21. The van der Waals surface area contributed by atoms with Crippen LogP contribution in [0.25, 0.3) is 0 Å². The van der Waals surface area contributed by atoms with Crippen LogP contribution in [0.5, 0.6) is 0 Å². The number of hydrogen-bond donors (Lipinski definition) is 2. The molecule has 0 aliphatic carbocycles. The Morgan fingerprint density at radius 2 is 2.03 bits per heavy atom. The summed E-state index contributed by atoms with van der Waals surface area (Å²) in [6.45, 7) is 3.63. The van der Waals surface area contributed by atoms with E-state index in [-0.39, 0.29) is 30.0 Å². The van der Waals surface area contributed by atoms with Crippen LogP contribution in [0.2, 0.25) is 0 Å². The maximum absolute atomic E-state index is 12.3. The van der Waals surface area contributed by atoms with E-state index in [0.717, 1.165) is 0 Å². The molecule has 0 bridgehead atoms. The minimum Gasteiger partial charge on any atom is -0.467 e. The third-order valence-electron chi connectivity index (χ3n) is 5.04. The summed E-state index contributed by atoms with van der Waals surface area (Å²) in [5.41, 5.74) is 1.19. The molecule has 0 atom stereocenters. The summed E-state index contributed by atoms with van der Waals surface area (Å²) in [7, 11) is 0. The number of anilines is 1. The van der Waals surface area contributed by atoms with Gasteiger partial charge >= 0.3 is 0 Å². The topological polar surface area (TPSA) is 118 Å². The Morgan fingerprint density at radius 1 is 1.28 bits per heavy atom. The molecule has 2 amide bonds. The van der Waals surface area contributed by atoms with Crippen molar-refractivity contribution in [1.29, 1.82) is 0 Å². The van der Waals surface area contributed by atoms with Crippen molar-refractivity contribution in [2.75, 3.05) is 25.0 Å². The molecule has 3 rings (SSSR count). The van der Waals surface area contributed by atoms with Gasteiger partial charge in [-0.1, -0.05) is 0 Å². The zero-order valence-corrected chi connectivity index (χ0v) is 16.2. The molecule has 1 saturated heterocycles. The number of rotatable bonds is 7. The van der Waals surface area contributed by atoms with E-state index in [9.17, 15) is 19.7 Å². The number of likely N-dealkylation sites (tertiary alicyclic amines) is 1. The van der Waals surface area contributed by atoms with E-state index in [1.807, 2.05) is 11.0 Å². The Kier molecular flexibility index (Phi) is 6.61. The van der Waals surface area contributed by atoms with Crippen molar-refractivity contribution < 1.29 is 18.9 Å². The molecule has 2 aromatic rings. The van der Waals surface area contributed by atoms with Gasteiger partial charge in [-0.05, 0) is 56.6 Å². The standard InChI is InChI=1S/C20H24N4O5/c1-14-11-16(24(27)28)4-5-18(14)22-19(25)13-23-8-6-15(7-9-23)20(26)21-12-17-3-2-10-29-17/h2-5,10-11,15H,6-9,12-13H2,1H3,(H,21,26)(H,22,25). The third-order valence-corrected chi connectivity index (χ3v) is 5.04. The number of amides is 2. The minimum absolute atomic E-state index is 0.00649. The predicted molar refractivity (Wildman–Crippen MR) is 106 cm³/mol. The number of benzene rings is 1. The van der Waals surface area contributed by atoms with Crippen LogP contribution >= 0.6 is 0 Å². The fourth-order valence-corrected chi connectivity index (χ4v) is 3.38. The summed E-state index contributed by atoms with van der Waals surface area (Å²) >= 11 is 0. The lowest BCUT2D eigenvalue weighted by molar-refractivity contribution is -0.384. The number of aryl methyl sites for hydroxylation is 1. The van der Waals surface area contributed by atoms with Crippen LogP contribution in [0.15, 0.2) is 41.0 Å². The Balaban J connectivity index is 1.42. The molecule has 9 nitrogen and oxygen atoms in total. The first-order valence-electron chi connectivity index (χ1n) is 9.49. The van der Waals surface area contributed by atoms with E-state index in [1.54, 1.807) is 25.3 Å². The molecule has 9 heteroatoms. The Morgan fingerprint density at radius 3 is 2.66 bits per heavy atom. The molecule has 1 aliphatic heterocycles. The monoisotopic (exact) mass is 400 g/mol. The van der Waals surface area contributed by atoms with Gasteiger partial charge in [0.05, 0.1) is 24.3 Å². The highest BCUT2D eigenvalue weighted by molar-refractivity contribution is 5.93. The van der Waals surface area contributed by atoms with Gasteiger partial charge in [-0.2, -0.15) is 0 Å². The van der Waals surface area contributed by atoms with Gasteiger partial charge in [0.1, 0.15) is 5.76 Å². The molecule has 0 radical (unpaired) electrons. The summed E-state index contributed by atoms with van der Waals surface area (Å²) < 4.78 is 5.21. The van der Waals surface area contributed by atoms with Gasteiger partial charge in [0.2, 0.25) is 11.8 Å². The first-order chi connectivity index (χ1) is 13.9. The molecular formula is C20H24N4O5. The van der Waals surface area contributed by atoms with Crippen LogP contribution in [0.3, 0.4) is 0 Å². The van der Waals surface area contributed by atoms with Crippen molar-refractivity contribution in [2.45, 2.75) is 26.3 Å². The molecule has 0 spiro atoms. The fourth-order valence-electron chi connectivity index (χ4n) is 3.38. The summed E-state index contributed by atoms with van der Waals surface area (Å²) in [6.07, 6.45) is 2.95. The van der Waals surface area contributed by atoms with Crippen molar-refractivity contribution in [3.05, 3.63) is 58.0 Å². The highest BCUT2D eigenvalue weighted by atomic mass is 16.6. The number of carbonyl (C=O) groups excluding carboxylic acids is 2. The summed E-state index contributed by atoms with van der Waals surface area (Å²) in [6, 6.07) is 7.94. The number of nitrogens with one attached hydrogen (secondary N) is 2.